The zero-order valence-corrected chi connectivity index (χ0v) is 30.3. The number of nitrogens with zero attached hydrogens (tertiary/aromatic N) is 5. The monoisotopic (exact) mass is 715 g/mol. The molecular formula is C51H33N5. The van der Waals surface area contributed by atoms with Crippen LogP contribution in [0.4, 0.5) is 0 Å². The van der Waals surface area contributed by atoms with Crippen molar-refractivity contribution in [3.8, 4) is 56.7 Å². The molecule has 11 aromatic rings. The van der Waals surface area contributed by atoms with E-state index in [-0.39, 0.29) is 0 Å². The summed E-state index contributed by atoms with van der Waals surface area (Å²) >= 11 is 0. The van der Waals surface area contributed by atoms with Crippen molar-refractivity contribution in [1.82, 2.24) is 24.1 Å². The number of hydrogen-bond acceptors (Lipinski definition) is 3. The Morgan fingerprint density at radius 3 is 1.43 bits per heavy atom. The van der Waals surface area contributed by atoms with Gasteiger partial charge in [0.25, 0.3) is 0 Å². The fraction of sp³-hybridized carbons (Fsp3) is 0. The van der Waals surface area contributed by atoms with Crippen molar-refractivity contribution in [3.05, 3.63) is 200 Å². The van der Waals surface area contributed by atoms with Crippen LogP contribution in [-0.4, -0.2) is 24.1 Å². The lowest BCUT2D eigenvalue weighted by Gasteiger charge is -2.17. The Morgan fingerprint density at radius 2 is 0.786 bits per heavy atom. The van der Waals surface area contributed by atoms with E-state index in [1.54, 1.807) is 0 Å². The van der Waals surface area contributed by atoms with Crippen LogP contribution >= 0.6 is 0 Å². The lowest BCUT2D eigenvalue weighted by molar-refractivity contribution is 0.951. The van der Waals surface area contributed by atoms with Gasteiger partial charge in [0, 0.05) is 38.2 Å². The second kappa shape index (κ2) is 13.0. The summed E-state index contributed by atoms with van der Waals surface area (Å²) in [4.78, 5) is 15.8. The van der Waals surface area contributed by atoms with E-state index >= 15 is 0 Å². The predicted octanol–water partition coefficient (Wildman–Crippen LogP) is 12.7. The van der Waals surface area contributed by atoms with Crippen molar-refractivity contribution >= 4 is 43.6 Å². The van der Waals surface area contributed by atoms with E-state index in [1.807, 2.05) is 18.2 Å². The van der Waals surface area contributed by atoms with Gasteiger partial charge < -0.3 is 4.57 Å². The fourth-order valence-corrected chi connectivity index (χ4v) is 8.28. The molecule has 11 rings (SSSR count). The van der Waals surface area contributed by atoms with Gasteiger partial charge in [-0.3, -0.25) is 4.57 Å². The van der Waals surface area contributed by atoms with Crippen molar-refractivity contribution in [2.45, 2.75) is 0 Å². The number of hydrogen-bond donors (Lipinski definition) is 0. The van der Waals surface area contributed by atoms with Crippen molar-refractivity contribution in [1.29, 1.82) is 0 Å². The van der Waals surface area contributed by atoms with Gasteiger partial charge in [-0.05, 0) is 59.2 Å². The van der Waals surface area contributed by atoms with Crippen LogP contribution in [0.5, 0.6) is 0 Å². The maximum atomic E-state index is 5.36. The third kappa shape index (κ3) is 5.13. The van der Waals surface area contributed by atoms with Gasteiger partial charge in [0.1, 0.15) is 0 Å². The summed E-state index contributed by atoms with van der Waals surface area (Å²) in [6.07, 6.45) is 0. The number of rotatable bonds is 6. The molecule has 3 heterocycles. The number of fused-ring (bicyclic) bond motifs is 6. The van der Waals surface area contributed by atoms with E-state index in [2.05, 4.69) is 191 Å². The highest BCUT2D eigenvalue weighted by atomic mass is 15.2. The topological polar surface area (TPSA) is 48.5 Å². The van der Waals surface area contributed by atoms with Gasteiger partial charge in [-0.1, -0.05) is 158 Å². The van der Waals surface area contributed by atoms with Gasteiger partial charge in [-0.25, -0.2) is 4.98 Å². The van der Waals surface area contributed by atoms with E-state index in [1.165, 1.54) is 21.9 Å². The Morgan fingerprint density at radius 1 is 0.304 bits per heavy atom. The smallest absolute Gasteiger partial charge is 0.238 e. The first-order chi connectivity index (χ1) is 27.8. The van der Waals surface area contributed by atoms with E-state index in [9.17, 15) is 0 Å². The highest BCUT2D eigenvalue weighted by molar-refractivity contribution is 6.15. The minimum atomic E-state index is 0.570. The summed E-state index contributed by atoms with van der Waals surface area (Å²) in [7, 11) is 0. The van der Waals surface area contributed by atoms with E-state index in [4.69, 9.17) is 15.0 Å². The van der Waals surface area contributed by atoms with E-state index < -0.39 is 0 Å². The molecule has 0 bridgehead atoms. The van der Waals surface area contributed by atoms with Crippen LogP contribution in [0.25, 0.3) is 100 Å². The van der Waals surface area contributed by atoms with E-state index in [0.717, 1.165) is 60.8 Å². The zero-order valence-electron chi connectivity index (χ0n) is 30.3. The molecule has 5 heteroatoms. The summed E-state index contributed by atoms with van der Waals surface area (Å²) in [5.41, 5.74) is 11.8. The molecule has 8 aromatic carbocycles. The standard InChI is InChI=1S/C51H33N5/c1-4-18-34(19-5-1)37-32-42(35-20-6-2-7-21-35)48-43(33-37)40-26-12-14-28-44(40)55(48)47-31-17-13-27-41(47)50-52-49(36-22-8-3-9-23-36)53-51(54-50)56-45-29-15-10-24-38(45)39-25-11-16-30-46(39)56/h1-33H. The summed E-state index contributed by atoms with van der Waals surface area (Å²) in [5.74, 6) is 1.78. The first-order valence-corrected chi connectivity index (χ1v) is 18.9. The maximum absolute atomic E-state index is 5.36. The molecule has 0 fully saturated rings. The van der Waals surface area contributed by atoms with Crippen molar-refractivity contribution < 1.29 is 0 Å². The normalized spacial score (nSPS) is 11.6. The highest BCUT2D eigenvalue weighted by Crippen LogP contribution is 2.43. The fourth-order valence-electron chi connectivity index (χ4n) is 8.28. The predicted molar refractivity (Wildman–Crippen MR) is 230 cm³/mol. The Balaban J connectivity index is 1.22. The summed E-state index contributed by atoms with van der Waals surface area (Å²) in [5, 5.41) is 4.67. The quantitative estimate of drug-likeness (QED) is 0.172. The molecule has 262 valence electrons. The Kier molecular flexibility index (Phi) is 7.42. The van der Waals surface area contributed by atoms with Gasteiger partial charge in [-0.15, -0.1) is 0 Å². The molecule has 0 aliphatic rings. The second-order valence-corrected chi connectivity index (χ2v) is 14.0. The van der Waals surface area contributed by atoms with Crippen LogP contribution in [0.2, 0.25) is 0 Å². The Labute approximate surface area is 323 Å². The molecule has 0 spiro atoms. The zero-order chi connectivity index (χ0) is 37.0. The number of para-hydroxylation sites is 4. The van der Waals surface area contributed by atoms with Crippen LogP contribution in [-0.2, 0) is 0 Å². The maximum Gasteiger partial charge on any atom is 0.238 e. The van der Waals surface area contributed by atoms with Crippen LogP contribution in [0, 0.1) is 0 Å². The molecule has 5 nitrogen and oxygen atoms in total. The molecule has 0 saturated heterocycles. The van der Waals surface area contributed by atoms with Crippen molar-refractivity contribution in [2.24, 2.45) is 0 Å². The van der Waals surface area contributed by atoms with Crippen LogP contribution in [0.3, 0.4) is 0 Å². The molecule has 0 unspecified atom stereocenters. The Bertz CT molecular complexity index is 3180. The van der Waals surface area contributed by atoms with E-state index in [0.29, 0.717) is 17.6 Å². The lowest BCUT2D eigenvalue weighted by atomic mass is 9.95. The third-order valence-corrected chi connectivity index (χ3v) is 10.8. The first-order valence-electron chi connectivity index (χ1n) is 18.9. The Hall–Kier alpha value is -7.63. The SMILES string of the molecule is c1ccc(-c2cc(-c3ccccc3)c3c(c2)c2ccccc2n3-c2ccccc2-c2nc(-c3ccccc3)nc(-n3c4ccccc4c4ccccc43)n2)cc1. The average molecular weight is 716 g/mol. The summed E-state index contributed by atoms with van der Waals surface area (Å²) in [6.45, 7) is 0. The first kappa shape index (κ1) is 31.9. The largest absolute Gasteiger partial charge is 0.308 e. The molecule has 0 radical (unpaired) electrons. The molecule has 0 amide bonds. The number of aromatic nitrogens is 5. The molecule has 0 aliphatic carbocycles. The minimum Gasteiger partial charge on any atom is -0.308 e. The highest BCUT2D eigenvalue weighted by Gasteiger charge is 2.23. The average Bonchev–Trinajstić information content (AvgIpc) is 3.80. The second-order valence-electron chi connectivity index (χ2n) is 14.0. The van der Waals surface area contributed by atoms with Crippen LogP contribution in [0.1, 0.15) is 0 Å². The van der Waals surface area contributed by atoms with Gasteiger partial charge in [0.2, 0.25) is 5.95 Å². The molecule has 0 saturated carbocycles. The van der Waals surface area contributed by atoms with Crippen LogP contribution < -0.4 is 0 Å². The molecule has 56 heavy (non-hydrogen) atoms. The molecule has 0 N–H and O–H groups in total. The third-order valence-electron chi connectivity index (χ3n) is 10.8. The molecular weight excluding hydrogens is 683 g/mol. The molecule has 0 aliphatic heterocycles. The summed E-state index contributed by atoms with van der Waals surface area (Å²) in [6, 6.07) is 70.4. The molecule has 3 aromatic heterocycles. The van der Waals surface area contributed by atoms with Crippen molar-refractivity contribution in [2.75, 3.05) is 0 Å². The van der Waals surface area contributed by atoms with Crippen molar-refractivity contribution in [3.63, 3.8) is 0 Å². The van der Waals surface area contributed by atoms with Gasteiger partial charge >= 0.3 is 0 Å². The minimum absolute atomic E-state index is 0.570. The summed E-state index contributed by atoms with van der Waals surface area (Å²) < 4.78 is 4.58. The van der Waals surface area contributed by atoms with Gasteiger partial charge in [0.05, 0.1) is 27.8 Å². The van der Waals surface area contributed by atoms with Gasteiger partial charge in [-0.2, -0.15) is 9.97 Å². The lowest BCUT2D eigenvalue weighted by Crippen LogP contribution is -2.08. The van der Waals surface area contributed by atoms with Crippen LogP contribution in [0.15, 0.2) is 200 Å². The number of benzene rings is 8. The molecule has 0 atom stereocenters. The van der Waals surface area contributed by atoms with Gasteiger partial charge in [0.15, 0.2) is 11.6 Å².